The van der Waals surface area contributed by atoms with Crippen molar-refractivity contribution in [1.82, 2.24) is 5.32 Å². The van der Waals surface area contributed by atoms with Gasteiger partial charge in [-0.05, 0) is 38.1 Å². The summed E-state index contributed by atoms with van der Waals surface area (Å²) in [5.41, 5.74) is -0.705. The van der Waals surface area contributed by atoms with Gasteiger partial charge < -0.3 is 15.2 Å². The minimum Gasteiger partial charge on any atom is -0.480 e. The lowest BCUT2D eigenvalue weighted by Crippen LogP contribution is -2.54. The molecule has 0 bridgehead atoms. The van der Waals surface area contributed by atoms with Gasteiger partial charge in [0, 0.05) is 13.2 Å². The Morgan fingerprint density at radius 1 is 1.44 bits per heavy atom. The van der Waals surface area contributed by atoms with Crippen molar-refractivity contribution in [2.45, 2.75) is 57.9 Å². The Balaban J connectivity index is 2.44. The molecular formula is C14H27NO3. The fraction of sp³-hybridized carbons (Fsp3) is 0.929. The summed E-state index contributed by atoms with van der Waals surface area (Å²) in [7, 11) is 0. The highest BCUT2D eigenvalue weighted by Gasteiger charge is 2.48. The number of carboxylic acid groups (broad SMARTS) is 1. The van der Waals surface area contributed by atoms with Crippen LogP contribution in [0.15, 0.2) is 0 Å². The molecule has 0 radical (unpaired) electrons. The van der Waals surface area contributed by atoms with E-state index in [1.54, 1.807) is 0 Å². The number of unbranched alkanes of at least 4 members (excludes halogenated alkanes) is 1. The number of carbonyl (C=O) groups is 1. The van der Waals surface area contributed by atoms with Gasteiger partial charge in [0.05, 0.1) is 0 Å². The molecule has 0 amide bonds. The van der Waals surface area contributed by atoms with Crippen LogP contribution in [-0.4, -0.2) is 36.4 Å². The van der Waals surface area contributed by atoms with Gasteiger partial charge in [0.1, 0.15) is 5.54 Å². The van der Waals surface area contributed by atoms with Gasteiger partial charge in [-0.3, -0.25) is 4.79 Å². The monoisotopic (exact) mass is 257 g/mol. The topological polar surface area (TPSA) is 58.6 Å². The Morgan fingerprint density at radius 2 is 2.22 bits per heavy atom. The van der Waals surface area contributed by atoms with Crippen LogP contribution >= 0.6 is 0 Å². The van der Waals surface area contributed by atoms with E-state index >= 15 is 0 Å². The molecule has 106 valence electrons. The maximum absolute atomic E-state index is 11.6. The number of likely N-dealkylation sites (N-methyl/N-ethyl adjacent to an activating group) is 1. The molecule has 0 aliphatic heterocycles. The fourth-order valence-corrected chi connectivity index (χ4v) is 2.95. The van der Waals surface area contributed by atoms with Gasteiger partial charge in [-0.1, -0.05) is 26.7 Å². The maximum Gasteiger partial charge on any atom is 0.324 e. The van der Waals surface area contributed by atoms with Crippen LogP contribution in [0.2, 0.25) is 0 Å². The highest BCUT2D eigenvalue weighted by atomic mass is 16.5. The third kappa shape index (κ3) is 3.69. The largest absolute Gasteiger partial charge is 0.480 e. The zero-order valence-corrected chi connectivity index (χ0v) is 11.7. The van der Waals surface area contributed by atoms with E-state index in [1.807, 2.05) is 6.92 Å². The lowest BCUT2D eigenvalue weighted by Gasteiger charge is -2.32. The normalized spacial score (nSPS) is 27.6. The molecule has 0 saturated heterocycles. The van der Waals surface area contributed by atoms with Crippen molar-refractivity contribution in [3.05, 3.63) is 0 Å². The summed E-state index contributed by atoms with van der Waals surface area (Å²) in [5, 5.41) is 12.7. The van der Waals surface area contributed by atoms with E-state index in [0.717, 1.165) is 45.1 Å². The van der Waals surface area contributed by atoms with E-state index in [9.17, 15) is 9.90 Å². The van der Waals surface area contributed by atoms with Crippen molar-refractivity contribution in [1.29, 1.82) is 0 Å². The quantitative estimate of drug-likeness (QED) is 0.623. The number of nitrogens with one attached hydrogen (secondary N) is 1. The van der Waals surface area contributed by atoms with Crippen molar-refractivity contribution < 1.29 is 14.6 Å². The second-order valence-corrected chi connectivity index (χ2v) is 5.15. The van der Waals surface area contributed by atoms with Gasteiger partial charge in [-0.15, -0.1) is 0 Å². The van der Waals surface area contributed by atoms with Gasteiger partial charge in [0.25, 0.3) is 0 Å². The predicted molar refractivity (Wildman–Crippen MR) is 71.7 cm³/mol. The van der Waals surface area contributed by atoms with E-state index in [2.05, 4.69) is 12.2 Å². The highest BCUT2D eigenvalue weighted by Crippen LogP contribution is 2.38. The van der Waals surface area contributed by atoms with Crippen LogP contribution in [0.1, 0.15) is 52.4 Å². The van der Waals surface area contributed by atoms with E-state index in [0.29, 0.717) is 13.2 Å². The molecular weight excluding hydrogens is 230 g/mol. The molecule has 0 aromatic rings. The third-order valence-corrected chi connectivity index (χ3v) is 3.95. The van der Waals surface area contributed by atoms with Gasteiger partial charge in [0.2, 0.25) is 0 Å². The predicted octanol–water partition coefficient (Wildman–Crippen LogP) is 2.43. The molecule has 4 heteroatoms. The summed E-state index contributed by atoms with van der Waals surface area (Å²) in [4.78, 5) is 11.6. The summed E-state index contributed by atoms with van der Waals surface area (Å²) in [6, 6.07) is 0. The number of carboxylic acids is 1. The third-order valence-electron chi connectivity index (χ3n) is 3.95. The molecule has 0 aromatic carbocycles. The number of hydrogen-bond acceptors (Lipinski definition) is 3. The van der Waals surface area contributed by atoms with E-state index in [1.165, 1.54) is 0 Å². The van der Waals surface area contributed by atoms with Crippen LogP contribution in [0.3, 0.4) is 0 Å². The summed E-state index contributed by atoms with van der Waals surface area (Å²) in [6.07, 6.45) is 5.82. The molecule has 18 heavy (non-hydrogen) atoms. The molecule has 2 atom stereocenters. The van der Waals surface area contributed by atoms with Gasteiger partial charge in [-0.2, -0.15) is 0 Å². The first kappa shape index (κ1) is 15.4. The van der Waals surface area contributed by atoms with Crippen molar-refractivity contribution in [3.63, 3.8) is 0 Å². The van der Waals surface area contributed by atoms with Crippen molar-refractivity contribution in [2.24, 2.45) is 5.92 Å². The molecule has 2 N–H and O–H groups in total. The van der Waals surface area contributed by atoms with E-state index in [-0.39, 0.29) is 5.92 Å². The van der Waals surface area contributed by atoms with Crippen LogP contribution < -0.4 is 5.32 Å². The van der Waals surface area contributed by atoms with Gasteiger partial charge in [0.15, 0.2) is 0 Å². The first-order valence-corrected chi connectivity index (χ1v) is 7.23. The SMILES string of the molecule is CCCCOCCC1CCCC1(NCC)C(=O)O. The molecule has 1 aliphatic rings. The average molecular weight is 257 g/mol. The summed E-state index contributed by atoms with van der Waals surface area (Å²) < 4.78 is 5.57. The Hall–Kier alpha value is -0.610. The second-order valence-electron chi connectivity index (χ2n) is 5.15. The van der Waals surface area contributed by atoms with E-state index in [4.69, 9.17) is 4.74 Å². The number of hydrogen-bond donors (Lipinski definition) is 2. The summed E-state index contributed by atoms with van der Waals surface area (Å²) in [6.45, 7) is 6.30. The summed E-state index contributed by atoms with van der Waals surface area (Å²) in [5.74, 6) is -0.489. The molecule has 1 fully saturated rings. The number of ether oxygens (including phenoxy) is 1. The molecule has 2 unspecified atom stereocenters. The van der Waals surface area contributed by atoms with Crippen molar-refractivity contribution in [3.8, 4) is 0 Å². The van der Waals surface area contributed by atoms with Gasteiger partial charge >= 0.3 is 5.97 Å². The minimum atomic E-state index is -0.705. The lowest BCUT2D eigenvalue weighted by molar-refractivity contribution is -0.146. The molecule has 1 saturated carbocycles. The molecule has 0 heterocycles. The molecule has 0 spiro atoms. The molecule has 0 aromatic heterocycles. The van der Waals surface area contributed by atoms with Crippen molar-refractivity contribution >= 4 is 5.97 Å². The fourth-order valence-electron chi connectivity index (χ4n) is 2.95. The lowest BCUT2D eigenvalue weighted by atomic mass is 9.84. The first-order chi connectivity index (χ1) is 8.67. The molecule has 1 rings (SSSR count). The van der Waals surface area contributed by atoms with Crippen LogP contribution in [0.4, 0.5) is 0 Å². The summed E-state index contributed by atoms with van der Waals surface area (Å²) >= 11 is 0. The highest BCUT2D eigenvalue weighted by molar-refractivity contribution is 5.79. The van der Waals surface area contributed by atoms with Crippen LogP contribution in [0, 0.1) is 5.92 Å². The Kier molecular flexibility index (Phi) is 6.65. The Labute approximate surface area is 110 Å². The minimum absolute atomic E-state index is 0.205. The smallest absolute Gasteiger partial charge is 0.324 e. The zero-order valence-electron chi connectivity index (χ0n) is 11.7. The first-order valence-electron chi connectivity index (χ1n) is 7.23. The Bertz CT molecular complexity index is 257. The van der Waals surface area contributed by atoms with Crippen molar-refractivity contribution in [2.75, 3.05) is 19.8 Å². The average Bonchev–Trinajstić information content (AvgIpc) is 2.74. The molecule has 4 nitrogen and oxygen atoms in total. The second kappa shape index (κ2) is 7.74. The zero-order chi connectivity index (χ0) is 13.4. The van der Waals surface area contributed by atoms with Crippen LogP contribution in [0.25, 0.3) is 0 Å². The number of rotatable bonds is 9. The van der Waals surface area contributed by atoms with Crippen LogP contribution in [-0.2, 0) is 9.53 Å². The van der Waals surface area contributed by atoms with Crippen LogP contribution in [0.5, 0.6) is 0 Å². The molecule has 1 aliphatic carbocycles. The maximum atomic E-state index is 11.6. The standard InChI is InChI=1S/C14H27NO3/c1-3-5-10-18-11-8-12-7-6-9-14(12,13(16)17)15-4-2/h12,15H,3-11H2,1-2H3,(H,16,17). The van der Waals surface area contributed by atoms with E-state index < -0.39 is 11.5 Å². The van der Waals surface area contributed by atoms with Gasteiger partial charge in [-0.25, -0.2) is 0 Å². The Morgan fingerprint density at radius 3 is 2.83 bits per heavy atom. The number of aliphatic carboxylic acids is 1.